The van der Waals surface area contributed by atoms with Crippen LogP contribution in [0.25, 0.3) is 0 Å². The predicted molar refractivity (Wildman–Crippen MR) is 92.4 cm³/mol. The fraction of sp³-hybridized carbons (Fsp3) is 0.312. The van der Waals surface area contributed by atoms with Crippen LogP contribution in [0.5, 0.6) is 0 Å². The molecule has 1 aromatic carbocycles. The van der Waals surface area contributed by atoms with Crippen LogP contribution < -0.4 is 4.90 Å². The van der Waals surface area contributed by atoms with Crippen LogP contribution in [0.15, 0.2) is 30.5 Å². The molecule has 1 aliphatic rings. The molecule has 0 bridgehead atoms. The summed E-state index contributed by atoms with van der Waals surface area (Å²) in [7, 11) is 0. The molecule has 0 unspecified atom stereocenters. The van der Waals surface area contributed by atoms with Crippen LogP contribution in [-0.4, -0.2) is 46.1 Å². The van der Waals surface area contributed by atoms with E-state index in [1.165, 1.54) is 9.58 Å². The Morgan fingerprint density at radius 3 is 2.71 bits per heavy atom. The summed E-state index contributed by atoms with van der Waals surface area (Å²) >= 11 is 11.9. The zero-order valence-corrected chi connectivity index (χ0v) is 14.6. The van der Waals surface area contributed by atoms with Crippen LogP contribution in [0.1, 0.15) is 5.69 Å². The second kappa shape index (κ2) is 6.83. The topological polar surface area (TPSA) is 58.4 Å². The Bertz CT molecular complexity index is 771. The van der Waals surface area contributed by atoms with E-state index in [0.29, 0.717) is 28.8 Å². The Morgan fingerprint density at radius 2 is 2.08 bits per heavy atom. The quantitative estimate of drug-likeness (QED) is 0.837. The molecule has 8 heteroatoms. The first-order valence-electron chi connectivity index (χ1n) is 7.47. The van der Waals surface area contributed by atoms with E-state index in [1.54, 1.807) is 36.2 Å². The van der Waals surface area contributed by atoms with Gasteiger partial charge in [-0.2, -0.15) is 5.10 Å². The Morgan fingerprint density at radius 1 is 1.29 bits per heavy atom. The number of hydrogen-bond donors (Lipinski definition) is 0. The van der Waals surface area contributed by atoms with Gasteiger partial charge < -0.3 is 9.80 Å². The molecule has 1 fully saturated rings. The predicted octanol–water partition coefficient (Wildman–Crippen LogP) is 2.37. The van der Waals surface area contributed by atoms with Gasteiger partial charge in [-0.25, -0.2) is 0 Å². The van der Waals surface area contributed by atoms with E-state index >= 15 is 0 Å². The highest BCUT2D eigenvalue weighted by molar-refractivity contribution is 6.31. The van der Waals surface area contributed by atoms with Crippen LogP contribution in [0.4, 0.5) is 5.69 Å². The van der Waals surface area contributed by atoms with E-state index in [0.717, 1.165) is 5.69 Å². The maximum atomic E-state index is 12.4. The molecule has 2 amide bonds. The molecule has 1 aliphatic heterocycles. The van der Waals surface area contributed by atoms with Crippen molar-refractivity contribution >= 4 is 40.7 Å². The number of carbonyl (C=O) groups excluding carboxylic acids is 2. The van der Waals surface area contributed by atoms with Gasteiger partial charge in [0.15, 0.2) is 0 Å². The monoisotopic (exact) mass is 366 g/mol. The number of aryl methyl sites for hydroxylation is 1. The van der Waals surface area contributed by atoms with Crippen LogP contribution in [0.3, 0.4) is 0 Å². The van der Waals surface area contributed by atoms with Gasteiger partial charge >= 0.3 is 0 Å². The summed E-state index contributed by atoms with van der Waals surface area (Å²) in [6, 6.07) is 7.13. The third-order valence-electron chi connectivity index (χ3n) is 3.88. The smallest absolute Gasteiger partial charge is 0.246 e. The average molecular weight is 367 g/mol. The summed E-state index contributed by atoms with van der Waals surface area (Å²) in [5.41, 5.74) is 1.42. The van der Waals surface area contributed by atoms with Crippen molar-refractivity contribution in [3.8, 4) is 0 Å². The number of carbonyl (C=O) groups is 2. The molecule has 24 heavy (non-hydrogen) atoms. The largest absolute Gasteiger partial charge is 0.330 e. The Kier molecular flexibility index (Phi) is 4.78. The van der Waals surface area contributed by atoms with E-state index in [2.05, 4.69) is 5.10 Å². The molecule has 2 heterocycles. The fourth-order valence-electron chi connectivity index (χ4n) is 2.62. The van der Waals surface area contributed by atoms with Gasteiger partial charge in [0.2, 0.25) is 11.8 Å². The van der Waals surface area contributed by atoms with Gasteiger partial charge in [0.05, 0.1) is 10.7 Å². The van der Waals surface area contributed by atoms with Crippen LogP contribution in [0, 0.1) is 6.92 Å². The summed E-state index contributed by atoms with van der Waals surface area (Å²) in [4.78, 5) is 27.9. The van der Waals surface area contributed by atoms with Crippen molar-refractivity contribution in [1.29, 1.82) is 0 Å². The van der Waals surface area contributed by atoms with Gasteiger partial charge in [-0.05, 0) is 25.1 Å². The third-order valence-corrected chi connectivity index (χ3v) is 4.48. The van der Waals surface area contributed by atoms with Crippen LogP contribution in [0.2, 0.25) is 10.0 Å². The zero-order valence-electron chi connectivity index (χ0n) is 13.1. The Hall–Kier alpha value is -2.05. The van der Waals surface area contributed by atoms with E-state index in [1.807, 2.05) is 6.07 Å². The first-order chi connectivity index (χ1) is 11.4. The highest BCUT2D eigenvalue weighted by atomic mass is 35.5. The molecule has 1 saturated heterocycles. The minimum Gasteiger partial charge on any atom is -0.330 e. The molecular formula is C16H16Cl2N4O2. The molecule has 0 radical (unpaired) electrons. The number of anilines is 1. The van der Waals surface area contributed by atoms with Crippen molar-refractivity contribution in [2.24, 2.45) is 0 Å². The third kappa shape index (κ3) is 3.55. The molecular weight excluding hydrogens is 351 g/mol. The summed E-state index contributed by atoms with van der Waals surface area (Å²) in [5, 5.41) is 5.26. The van der Waals surface area contributed by atoms with E-state index in [9.17, 15) is 9.59 Å². The molecule has 0 saturated carbocycles. The number of halogens is 2. The van der Waals surface area contributed by atoms with E-state index in [4.69, 9.17) is 23.2 Å². The lowest BCUT2D eigenvalue weighted by Crippen LogP contribution is -2.53. The highest BCUT2D eigenvalue weighted by Crippen LogP contribution is 2.21. The van der Waals surface area contributed by atoms with E-state index in [-0.39, 0.29) is 24.9 Å². The molecule has 0 spiro atoms. The van der Waals surface area contributed by atoms with Gasteiger partial charge in [-0.1, -0.05) is 29.3 Å². The lowest BCUT2D eigenvalue weighted by atomic mass is 10.2. The first-order valence-corrected chi connectivity index (χ1v) is 8.23. The molecule has 0 aliphatic carbocycles. The molecule has 126 valence electrons. The summed E-state index contributed by atoms with van der Waals surface area (Å²) < 4.78 is 1.49. The minimum atomic E-state index is -0.159. The van der Waals surface area contributed by atoms with Gasteiger partial charge in [0.1, 0.15) is 13.1 Å². The maximum absolute atomic E-state index is 12.4. The standard InChI is InChI=1S/C16H16Cl2N4O2/c1-11-14(18)8-21(19-11)10-15(23)20-5-6-22(16(24)9-20)13-4-2-3-12(17)7-13/h2-4,7-8H,5-6,9-10H2,1H3. The van der Waals surface area contributed by atoms with Gasteiger partial charge in [-0.15, -0.1) is 0 Å². The number of hydrogen-bond acceptors (Lipinski definition) is 3. The summed E-state index contributed by atoms with van der Waals surface area (Å²) in [6.07, 6.45) is 1.61. The number of benzene rings is 1. The van der Waals surface area contributed by atoms with Gasteiger partial charge in [0.25, 0.3) is 0 Å². The van der Waals surface area contributed by atoms with Crippen molar-refractivity contribution in [3.63, 3.8) is 0 Å². The van der Waals surface area contributed by atoms with Crippen LogP contribution in [-0.2, 0) is 16.1 Å². The highest BCUT2D eigenvalue weighted by Gasteiger charge is 2.28. The first kappa shape index (κ1) is 16.8. The number of nitrogens with zero attached hydrogens (tertiary/aromatic N) is 4. The molecule has 6 nitrogen and oxygen atoms in total. The van der Waals surface area contributed by atoms with Crippen molar-refractivity contribution < 1.29 is 9.59 Å². The van der Waals surface area contributed by atoms with Gasteiger partial charge in [0, 0.05) is 30.0 Å². The molecule has 0 N–H and O–H groups in total. The Balaban J connectivity index is 1.64. The number of piperazine rings is 1. The second-order valence-electron chi connectivity index (χ2n) is 5.60. The van der Waals surface area contributed by atoms with Crippen molar-refractivity contribution in [2.45, 2.75) is 13.5 Å². The summed E-state index contributed by atoms with van der Waals surface area (Å²) in [6.45, 7) is 2.78. The number of amides is 2. The van der Waals surface area contributed by atoms with Crippen molar-refractivity contribution in [3.05, 3.63) is 46.2 Å². The lowest BCUT2D eigenvalue weighted by Gasteiger charge is -2.34. The van der Waals surface area contributed by atoms with Crippen LogP contribution >= 0.6 is 23.2 Å². The second-order valence-corrected chi connectivity index (χ2v) is 6.44. The van der Waals surface area contributed by atoms with Gasteiger partial charge in [-0.3, -0.25) is 14.3 Å². The fourth-order valence-corrected chi connectivity index (χ4v) is 2.95. The van der Waals surface area contributed by atoms with Crippen molar-refractivity contribution in [1.82, 2.24) is 14.7 Å². The Labute approximate surface area is 149 Å². The average Bonchev–Trinajstić information content (AvgIpc) is 2.85. The van der Waals surface area contributed by atoms with E-state index < -0.39 is 0 Å². The number of rotatable bonds is 3. The van der Waals surface area contributed by atoms with Crippen molar-refractivity contribution in [2.75, 3.05) is 24.5 Å². The number of aromatic nitrogens is 2. The molecule has 0 atom stereocenters. The molecule has 3 rings (SSSR count). The lowest BCUT2D eigenvalue weighted by molar-refractivity contribution is -0.137. The zero-order chi connectivity index (χ0) is 17.3. The molecule has 2 aromatic rings. The maximum Gasteiger partial charge on any atom is 0.246 e. The minimum absolute atomic E-state index is 0.0410. The molecule has 1 aromatic heterocycles. The SMILES string of the molecule is Cc1nn(CC(=O)N2CCN(c3cccc(Cl)c3)C(=O)C2)cc1Cl. The summed E-state index contributed by atoms with van der Waals surface area (Å²) in [5.74, 6) is -0.292. The normalized spacial score (nSPS) is 15.0.